The molecule has 1 fully saturated rings. The van der Waals surface area contributed by atoms with Crippen molar-refractivity contribution in [3.8, 4) is 11.4 Å². The highest BCUT2D eigenvalue weighted by molar-refractivity contribution is 5.94. The number of benzene rings is 1. The van der Waals surface area contributed by atoms with E-state index in [4.69, 9.17) is 10.5 Å². The summed E-state index contributed by atoms with van der Waals surface area (Å²) in [5, 5.41) is 3.57. The van der Waals surface area contributed by atoms with Crippen molar-refractivity contribution >= 4 is 45.4 Å². The van der Waals surface area contributed by atoms with Gasteiger partial charge in [-0.15, -0.1) is 0 Å². The number of nitrogens with two attached hydrogens (primary N) is 1. The van der Waals surface area contributed by atoms with E-state index in [9.17, 15) is 14.4 Å². The second-order valence-corrected chi connectivity index (χ2v) is 8.76. The number of nitrogens with one attached hydrogen (secondary N) is 2. The Morgan fingerprint density at radius 1 is 1.17 bits per heavy atom. The minimum atomic E-state index is -0.300. The Hall–Kier alpha value is -4.28. The predicted octanol–water partition coefficient (Wildman–Crippen LogP) is 2.78. The van der Waals surface area contributed by atoms with Crippen LogP contribution in [0.15, 0.2) is 35.4 Å². The van der Waals surface area contributed by atoms with Crippen LogP contribution in [0.5, 0.6) is 0 Å². The van der Waals surface area contributed by atoms with E-state index in [2.05, 4.69) is 25.3 Å². The van der Waals surface area contributed by atoms with Crippen LogP contribution in [-0.4, -0.2) is 43.5 Å². The number of H-pyrrole nitrogens is 1. The van der Waals surface area contributed by atoms with Crippen LogP contribution in [-0.2, 0) is 14.3 Å². The third-order valence-electron chi connectivity index (χ3n) is 6.50. The van der Waals surface area contributed by atoms with Gasteiger partial charge in [-0.1, -0.05) is 0 Å². The molecule has 0 saturated heterocycles. The molecule has 0 aliphatic heterocycles. The van der Waals surface area contributed by atoms with Crippen molar-refractivity contribution < 1.29 is 14.3 Å². The molecule has 3 heterocycles. The number of hydrogen-bond donors (Lipinski definition) is 3. The van der Waals surface area contributed by atoms with Gasteiger partial charge in [0.25, 0.3) is 5.56 Å². The first kappa shape index (κ1) is 22.5. The molecule has 11 nitrogen and oxygen atoms in total. The number of rotatable bonds is 4. The molecule has 0 unspecified atom stereocenters. The lowest BCUT2D eigenvalue weighted by Gasteiger charge is -2.29. The average molecular weight is 476 g/mol. The van der Waals surface area contributed by atoms with Crippen LogP contribution in [0.1, 0.15) is 38.6 Å². The van der Waals surface area contributed by atoms with Gasteiger partial charge in [-0.3, -0.25) is 19.0 Å². The summed E-state index contributed by atoms with van der Waals surface area (Å²) in [7, 11) is 1.39. The first-order valence-electron chi connectivity index (χ1n) is 11.4. The molecule has 35 heavy (non-hydrogen) atoms. The molecule has 1 aliphatic rings. The molecule has 1 saturated carbocycles. The number of aromatic nitrogens is 5. The second-order valence-electron chi connectivity index (χ2n) is 8.76. The monoisotopic (exact) mass is 475 g/mol. The van der Waals surface area contributed by atoms with Crippen LogP contribution in [0.2, 0.25) is 0 Å². The number of fused-ring (bicyclic) bond motifs is 2. The number of hydrogen-bond acceptors (Lipinski definition) is 8. The van der Waals surface area contributed by atoms with E-state index in [1.165, 1.54) is 20.4 Å². The highest BCUT2D eigenvalue weighted by Crippen LogP contribution is 2.34. The summed E-state index contributed by atoms with van der Waals surface area (Å²) >= 11 is 0. The van der Waals surface area contributed by atoms with Crippen molar-refractivity contribution in [1.82, 2.24) is 24.5 Å². The molecule has 3 aromatic heterocycles. The van der Waals surface area contributed by atoms with Crippen LogP contribution in [0.4, 0.5) is 11.5 Å². The number of carbonyl (C=O) groups excluding carboxylic acids is 2. The lowest BCUT2D eigenvalue weighted by molar-refractivity contribution is -0.146. The van der Waals surface area contributed by atoms with Gasteiger partial charge in [-0.25, -0.2) is 15.0 Å². The molecular weight excluding hydrogens is 450 g/mol. The molecule has 180 valence electrons. The Kier molecular flexibility index (Phi) is 5.67. The van der Waals surface area contributed by atoms with Gasteiger partial charge in [0.15, 0.2) is 17.2 Å². The zero-order chi connectivity index (χ0) is 24.7. The number of amides is 1. The summed E-state index contributed by atoms with van der Waals surface area (Å²) in [5.41, 5.74) is 8.71. The summed E-state index contributed by atoms with van der Waals surface area (Å²) in [6.07, 6.45) is 3.79. The Balaban J connectivity index is 1.62. The minimum Gasteiger partial charge on any atom is -0.469 e. The Morgan fingerprint density at radius 3 is 2.66 bits per heavy atom. The van der Waals surface area contributed by atoms with Gasteiger partial charge in [0.1, 0.15) is 11.8 Å². The molecule has 0 radical (unpaired) electrons. The largest absolute Gasteiger partial charge is 0.469 e. The number of methoxy groups -OCH3 is 1. The van der Waals surface area contributed by atoms with Gasteiger partial charge < -0.3 is 20.8 Å². The maximum absolute atomic E-state index is 13.8. The predicted molar refractivity (Wildman–Crippen MR) is 131 cm³/mol. The zero-order valence-corrected chi connectivity index (χ0v) is 19.4. The number of aromatic amines is 1. The van der Waals surface area contributed by atoms with E-state index in [1.807, 2.05) is 18.2 Å². The van der Waals surface area contributed by atoms with Crippen molar-refractivity contribution in [3.63, 3.8) is 0 Å². The summed E-state index contributed by atoms with van der Waals surface area (Å²) in [6.45, 7) is 1.44. The molecule has 5 rings (SSSR count). The summed E-state index contributed by atoms with van der Waals surface area (Å²) in [6, 6.07) is 7.07. The standard InChI is InChI=1S/C24H25N7O4/c1-12(32)28-15-5-8-17-14(9-15)10-18(29-17)19-23(33)31(22-20(30-19)21(25)26-11-27-22)16-6-3-13(4-7-16)24(34)35-2/h5,8-11,13,16,29H,3-4,6-7H2,1-2H3,(H,28,32)(H2,25,26,27). The minimum absolute atomic E-state index is 0.169. The summed E-state index contributed by atoms with van der Waals surface area (Å²) < 4.78 is 6.53. The molecule has 0 bridgehead atoms. The van der Waals surface area contributed by atoms with E-state index in [1.54, 1.807) is 10.6 Å². The molecule has 1 amide bonds. The average Bonchev–Trinajstić information content (AvgIpc) is 3.26. The molecule has 4 aromatic rings. The fourth-order valence-corrected chi connectivity index (χ4v) is 4.83. The fraction of sp³-hybridized carbons (Fsp3) is 0.333. The highest BCUT2D eigenvalue weighted by atomic mass is 16.5. The fourth-order valence-electron chi connectivity index (χ4n) is 4.83. The summed E-state index contributed by atoms with van der Waals surface area (Å²) in [4.78, 5) is 53.4. The van der Waals surface area contributed by atoms with Crippen LogP contribution in [0.3, 0.4) is 0 Å². The Labute approximate surface area is 199 Å². The van der Waals surface area contributed by atoms with Crippen molar-refractivity contribution in [1.29, 1.82) is 0 Å². The van der Waals surface area contributed by atoms with Gasteiger partial charge in [-0.05, 0) is 49.9 Å². The molecule has 11 heteroatoms. The second kappa shape index (κ2) is 8.82. The van der Waals surface area contributed by atoms with Gasteiger partial charge in [0, 0.05) is 29.6 Å². The quantitative estimate of drug-likeness (QED) is 0.380. The van der Waals surface area contributed by atoms with E-state index in [0.717, 1.165) is 10.9 Å². The topological polar surface area (TPSA) is 158 Å². The number of nitrogens with zero attached hydrogens (tertiary/aromatic N) is 4. The lowest BCUT2D eigenvalue weighted by atomic mass is 9.86. The molecule has 0 spiro atoms. The zero-order valence-electron chi connectivity index (χ0n) is 19.4. The highest BCUT2D eigenvalue weighted by Gasteiger charge is 2.30. The van der Waals surface area contributed by atoms with E-state index >= 15 is 0 Å². The number of anilines is 2. The number of ether oxygens (including phenoxy) is 1. The normalized spacial score (nSPS) is 18.0. The maximum atomic E-state index is 13.8. The van der Waals surface area contributed by atoms with Crippen molar-refractivity contribution in [2.24, 2.45) is 5.92 Å². The smallest absolute Gasteiger partial charge is 0.308 e. The van der Waals surface area contributed by atoms with Crippen LogP contribution in [0.25, 0.3) is 33.5 Å². The summed E-state index contributed by atoms with van der Waals surface area (Å²) in [5.74, 6) is -0.390. The van der Waals surface area contributed by atoms with E-state index < -0.39 is 0 Å². The van der Waals surface area contributed by atoms with Gasteiger partial charge >= 0.3 is 5.97 Å². The van der Waals surface area contributed by atoms with E-state index in [0.29, 0.717) is 48.2 Å². The SMILES string of the molecule is COC(=O)C1CCC(n2c(=O)c(-c3cc4cc(NC(C)=O)ccc4[nH]3)nc3c(N)ncnc32)CC1. The van der Waals surface area contributed by atoms with Crippen LogP contribution < -0.4 is 16.6 Å². The third-order valence-corrected chi connectivity index (χ3v) is 6.50. The van der Waals surface area contributed by atoms with E-state index in [-0.39, 0.29) is 40.9 Å². The number of esters is 1. The van der Waals surface area contributed by atoms with Crippen molar-refractivity contribution in [2.45, 2.75) is 38.6 Å². The maximum Gasteiger partial charge on any atom is 0.308 e. The molecular formula is C24H25N7O4. The van der Waals surface area contributed by atoms with Crippen molar-refractivity contribution in [2.75, 3.05) is 18.2 Å². The first-order valence-corrected chi connectivity index (χ1v) is 11.4. The van der Waals surface area contributed by atoms with Crippen molar-refractivity contribution in [3.05, 3.63) is 40.9 Å². The van der Waals surface area contributed by atoms with Gasteiger partial charge in [0.2, 0.25) is 5.91 Å². The molecule has 1 aliphatic carbocycles. The first-order chi connectivity index (χ1) is 16.9. The van der Waals surface area contributed by atoms with Crippen LogP contribution in [0, 0.1) is 5.92 Å². The van der Waals surface area contributed by atoms with Gasteiger partial charge in [0.05, 0.1) is 18.7 Å². The third kappa shape index (κ3) is 4.09. The van der Waals surface area contributed by atoms with Crippen LogP contribution >= 0.6 is 0 Å². The molecule has 1 aromatic carbocycles. The molecule has 0 atom stereocenters. The number of carbonyl (C=O) groups is 2. The Bertz CT molecular complexity index is 1520. The Morgan fingerprint density at radius 2 is 1.94 bits per heavy atom. The molecule has 4 N–H and O–H groups in total. The van der Waals surface area contributed by atoms with Gasteiger partial charge in [-0.2, -0.15) is 0 Å². The number of nitrogen functional groups attached to an aromatic ring is 1. The lowest BCUT2D eigenvalue weighted by Crippen LogP contribution is -2.32.